The third kappa shape index (κ3) is 7.24. The van der Waals surface area contributed by atoms with Gasteiger partial charge in [-0.3, -0.25) is 4.79 Å². The highest BCUT2D eigenvalue weighted by atomic mass is 32.2. The molecule has 0 aromatic heterocycles. The zero-order valence-electron chi connectivity index (χ0n) is 12.0. The number of aliphatic hydroxyl groups excluding tert-OH is 1. The molecule has 0 aliphatic heterocycles. The number of nitrogens with one attached hydrogen (secondary N) is 2. The molecular weight excluding hydrogens is 248 g/mol. The van der Waals surface area contributed by atoms with Crippen molar-refractivity contribution in [2.75, 3.05) is 19.4 Å². The smallest absolute Gasteiger partial charge is 0.236 e. The summed E-state index contributed by atoms with van der Waals surface area (Å²) in [6.45, 7) is 6.88. The van der Waals surface area contributed by atoms with Crippen LogP contribution in [-0.4, -0.2) is 47.8 Å². The molecule has 3 N–H and O–H groups in total. The predicted octanol–water partition coefficient (Wildman–Crippen LogP) is 1.38. The van der Waals surface area contributed by atoms with Crippen LogP contribution in [0.2, 0.25) is 0 Å². The van der Waals surface area contributed by atoms with E-state index >= 15 is 0 Å². The minimum Gasteiger partial charge on any atom is -0.395 e. The Morgan fingerprint density at radius 1 is 1.33 bits per heavy atom. The molecule has 0 spiro atoms. The van der Waals surface area contributed by atoms with Gasteiger partial charge < -0.3 is 15.7 Å². The van der Waals surface area contributed by atoms with E-state index in [-0.39, 0.29) is 29.8 Å². The SMILES string of the molecule is CCCCCNC(=O)C(C)NC(C)C(CO)SC. The van der Waals surface area contributed by atoms with Gasteiger partial charge in [0.1, 0.15) is 0 Å². The number of rotatable bonds is 10. The molecule has 3 atom stereocenters. The molecule has 3 unspecified atom stereocenters. The molecule has 108 valence electrons. The molecule has 0 saturated heterocycles. The van der Waals surface area contributed by atoms with Gasteiger partial charge in [0.25, 0.3) is 0 Å². The van der Waals surface area contributed by atoms with Crippen LogP contribution in [0.3, 0.4) is 0 Å². The van der Waals surface area contributed by atoms with Crippen LogP contribution in [0.4, 0.5) is 0 Å². The second kappa shape index (κ2) is 10.6. The fourth-order valence-electron chi connectivity index (χ4n) is 1.75. The van der Waals surface area contributed by atoms with Crippen LogP contribution in [0.1, 0.15) is 40.0 Å². The molecule has 4 nitrogen and oxygen atoms in total. The molecule has 1 amide bonds. The number of hydrogen-bond acceptors (Lipinski definition) is 4. The second-order valence-electron chi connectivity index (χ2n) is 4.63. The van der Waals surface area contributed by atoms with E-state index in [0.717, 1.165) is 25.8 Å². The van der Waals surface area contributed by atoms with E-state index in [1.807, 2.05) is 20.1 Å². The van der Waals surface area contributed by atoms with Gasteiger partial charge in [0.15, 0.2) is 0 Å². The molecule has 0 fully saturated rings. The minimum absolute atomic E-state index is 0.0377. The monoisotopic (exact) mass is 276 g/mol. The van der Waals surface area contributed by atoms with Gasteiger partial charge in [-0.25, -0.2) is 0 Å². The van der Waals surface area contributed by atoms with Gasteiger partial charge in [0.05, 0.1) is 12.6 Å². The molecule has 0 aromatic rings. The van der Waals surface area contributed by atoms with Crippen LogP contribution >= 0.6 is 11.8 Å². The lowest BCUT2D eigenvalue weighted by Gasteiger charge is -2.24. The number of unbranched alkanes of at least 4 members (excludes halogenated alkanes) is 2. The first-order valence-electron chi connectivity index (χ1n) is 6.74. The molecule has 0 aromatic carbocycles. The summed E-state index contributed by atoms with van der Waals surface area (Å²) in [6.07, 6.45) is 5.31. The van der Waals surface area contributed by atoms with Crippen LogP contribution < -0.4 is 10.6 Å². The van der Waals surface area contributed by atoms with Crippen LogP contribution in [0, 0.1) is 0 Å². The molecule has 0 bridgehead atoms. The Morgan fingerprint density at radius 2 is 2.00 bits per heavy atom. The molecule has 0 rings (SSSR count). The maximum absolute atomic E-state index is 11.8. The Hall–Kier alpha value is -0.260. The largest absolute Gasteiger partial charge is 0.395 e. The zero-order valence-corrected chi connectivity index (χ0v) is 12.8. The number of aliphatic hydroxyl groups is 1. The topological polar surface area (TPSA) is 61.4 Å². The van der Waals surface area contributed by atoms with Crippen molar-refractivity contribution in [3.05, 3.63) is 0 Å². The summed E-state index contributed by atoms with van der Waals surface area (Å²) in [5.41, 5.74) is 0. The van der Waals surface area contributed by atoms with Gasteiger partial charge in [-0.05, 0) is 26.5 Å². The number of carbonyl (C=O) groups is 1. The molecule has 0 heterocycles. The Labute approximate surface area is 115 Å². The Balaban J connectivity index is 3.91. The van der Waals surface area contributed by atoms with Crippen LogP contribution in [0.15, 0.2) is 0 Å². The van der Waals surface area contributed by atoms with Gasteiger partial charge in [-0.15, -0.1) is 0 Å². The minimum atomic E-state index is -0.220. The molecule has 0 aliphatic carbocycles. The zero-order chi connectivity index (χ0) is 14.0. The summed E-state index contributed by atoms with van der Waals surface area (Å²) in [5, 5.41) is 15.5. The average Bonchev–Trinajstić information content (AvgIpc) is 2.35. The number of carbonyl (C=O) groups excluding carboxylic acids is 1. The van der Waals surface area contributed by atoms with E-state index in [4.69, 9.17) is 0 Å². The highest BCUT2D eigenvalue weighted by Gasteiger charge is 2.20. The summed E-state index contributed by atoms with van der Waals surface area (Å²) in [6, 6.07) is -0.107. The van der Waals surface area contributed by atoms with Gasteiger partial charge in [-0.1, -0.05) is 19.8 Å². The van der Waals surface area contributed by atoms with E-state index in [1.54, 1.807) is 11.8 Å². The fourth-order valence-corrected chi connectivity index (χ4v) is 2.39. The Morgan fingerprint density at radius 3 is 2.50 bits per heavy atom. The molecule has 0 saturated carbocycles. The van der Waals surface area contributed by atoms with Crippen molar-refractivity contribution in [1.82, 2.24) is 10.6 Å². The van der Waals surface area contributed by atoms with Crippen molar-refractivity contribution < 1.29 is 9.90 Å². The third-order valence-electron chi connectivity index (χ3n) is 3.03. The van der Waals surface area contributed by atoms with E-state index in [0.29, 0.717) is 0 Å². The maximum Gasteiger partial charge on any atom is 0.236 e. The van der Waals surface area contributed by atoms with Crippen LogP contribution in [-0.2, 0) is 4.79 Å². The van der Waals surface area contributed by atoms with Crippen molar-refractivity contribution in [2.45, 2.75) is 57.4 Å². The van der Waals surface area contributed by atoms with Gasteiger partial charge in [0.2, 0.25) is 5.91 Å². The molecule has 0 radical (unpaired) electrons. The predicted molar refractivity (Wildman–Crippen MR) is 79.0 cm³/mol. The van der Waals surface area contributed by atoms with Crippen molar-refractivity contribution >= 4 is 17.7 Å². The van der Waals surface area contributed by atoms with Crippen LogP contribution in [0.5, 0.6) is 0 Å². The number of hydrogen-bond donors (Lipinski definition) is 3. The first-order chi connectivity index (χ1) is 8.56. The molecule has 18 heavy (non-hydrogen) atoms. The lowest BCUT2D eigenvalue weighted by Crippen LogP contribution is -2.49. The van der Waals surface area contributed by atoms with Gasteiger partial charge in [0, 0.05) is 17.8 Å². The highest BCUT2D eigenvalue weighted by molar-refractivity contribution is 7.99. The lowest BCUT2D eigenvalue weighted by molar-refractivity contribution is -0.122. The van der Waals surface area contributed by atoms with E-state index in [1.165, 1.54) is 0 Å². The highest BCUT2D eigenvalue weighted by Crippen LogP contribution is 2.10. The standard InChI is InChI=1S/C13H28N2O2S/c1-5-6-7-8-14-13(17)11(3)15-10(2)12(9-16)18-4/h10-12,15-16H,5-9H2,1-4H3,(H,14,17). The third-order valence-corrected chi connectivity index (χ3v) is 4.19. The van der Waals surface area contributed by atoms with Crippen LogP contribution in [0.25, 0.3) is 0 Å². The first-order valence-corrected chi connectivity index (χ1v) is 8.03. The quantitative estimate of drug-likeness (QED) is 0.528. The maximum atomic E-state index is 11.8. The Bertz CT molecular complexity index is 223. The van der Waals surface area contributed by atoms with Crippen molar-refractivity contribution in [2.24, 2.45) is 0 Å². The van der Waals surface area contributed by atoms with E-state index < -0.39 is 0 Å². The van der Waals surface area contributed by atoms with Gasteiger partial charge in [-0.2, -0.15) is 11.8 Å². The van der Waals surface area contributed by atoms with E-state index in [9.17, 15) is 9.90 Å². The first kappa shape index (κ1) is 17.7. The van der Waals surface area contributed by atoms with E-state index in [2.05, 4.69) is 17.6 Å². The Kier molecular flexibility index (Phi) is 10.5. The molecule has 0 aliphatic rings. The summed E-state index contributed by atoms with van der Waals surface area (Å²) < 4.78 is 0. The normalized spacial score (nSPS) is 16.1. The molecule has 5 heteroatoms. The van der Waals surface area contributed by atoms with Crippen molar-refractivity contribution in [1.29, 1.82) is 0 Å². The average molecular weight is 276 g/mol. The number of amides is 1. The second-order valence-corrected chi connectivity index (χ2v) is 5.71. The summed E-state index contributed by atoms with van der Waals surface area (Å²) in [7, 11) is 0. The van der Waals surface area contributed by atoms with Crippen molar-refractivity contribution in [3.8, 4) is 0 Å². The fraction of sp³-hybridized carbons (Fsp3) is 0.923. The van der Waals surface area contributed by atoms with Crippen molar-refractivity contribution in [3.63, 3.8) is 0 Å². The summed E-state index contributed by atoms with van der Waals surface area (Å²) in [5.74, 6) is 0.0377. The molecular formula is C13H28N2O2S. The summed E-state index contributed by atoms with van der Waals surface area (Å²) in [4.78, 5) is 11.8. The van der Waals surface area contributed by atoms with Gasteiger partial charge >= 0.3 is 0 Å². The summed E-state index contributed by atoms with van der Waals surface area (Å²) >= 11 is 1.61. The number of thioether (sulfide) groups is 1. The lowest BCUT2D eigenvalue weighted by atomic mass is 10.2.